The number of nitrogens with zero attached hydrogens (tertiary/aromatic N) is 2. The number of aromatic nitrogens is 1. The van der Waals surface area contributed by atoms with E-state index in [2.05, 4.69) is 10.3 Å². The highest BCUT2D eigenvalue weighted by Gasteiger charge is 2.37. The first kappa shape index (κ1) is 22.7. The molecule has 4 aromatic rings. The van der Waals surface area contributed by atoms with Gasteiger partial charge in [-0.1, -0.05) is 36.4 Å². The number of carbonyl (C=O) groups is 3. The predicted octanol–water partition coefficient (Wildman–Crippen LogP) is 5.47. The topological polar surface area (TPSA) is 79.4 Å². The molecule has 3 amide bonds. The van der Waals surface area contributed by atoms with Gasteiger partial charge in [-0.15, -0.1) is 11.3 Å². The second-order valence-electron chi connectivity index (χ2n) is 8.64. The van der Waals surface area contributed by atoms with Crippen LogP contribution in [0.3, 0.4) is 0 Å². The zero-order chi connectivity index (χ0) is 24.7. The van der Waals surface area contributed by atoms with E-state index in [1.807, 2.05) is 68.6 Å². The van der Waals surface area contributed by atoms with Crippen molar-refractivity contribution in [2.24, 2.45) is 0 Å². The Morgan fingerprint density at radius 3 is 2.46 bits per heavy atom. The molecule has 6 nitrogen and oxygen atoms in total. The van der Waals surface area contributed by atoms with E-state index < -0.39 is 5.91 Å². The molecule has 0 aliphatic carbocycles. The van der Waals surface area contributed by atoms with Crippen LogP contribution in [0, 0.1) is 20.8 Å². The van der Waals surface area contributed by atoms with Gasteiger partial charge in [0.2, 0.25) is 0 Å². The molecule has 0 atom stereocenters. The van der Waals surface area contributed by atoms with Crippen LogP contribution >= 0.6 is 11.3 Å². The number of benzene rings is 3. The smallest absolute Gasteiger partial charge is 0.266 e. The fourth-order valence-electron chi connectivity index (χ4n) is 4.16. The summed E-state index contributed by atoms with van der Waals surface area (Å²) in [5, 5.41) is 5.70. The lowest BCUT2D eigenvalue weighted by Gasteiger charge is -2.17. The number of anilines is 1. The van der Waals surface area contributed by atoms with Crippen molar-refractivity contribution in [3.8, 4) is 10.6 Å². The molecule has 0 saturated heterocycles. The molecule has 1 aliphatic rings. The lowest BCUT2D eigenvalue weighted by atomic mass is 10.1. The van der Waals surface area contributed by atoms with Crippen LogP contribution in [-0.4, -0.2) is 22.7 Å². The number of imide groups is 1. The van der Waals surface area contributed by atoms with Gasteiger partial charge in [0.05, 0.1) is 29.1 Å². The second kappa shape index (κ2) is 8.92. The van der Waals surface area contributed by atoms with Crippen molar-refractivity contribution in [2.45, 2.75) is 27.3 Å². The van der Waals surface area contributed by atoms with Crippen LogP contribution < -0.4 is 10.2 Å². The molecular formula is C28H23N3O3S. The van der Waals surface area contributed by atoms with Gasteiger partial charge in [0.15, 0.2) is 0 Å². The van der Waals surface area contributed by atoms with Crippen LogP contribution in [0.25, 0.3) is 10.6 Å². The lowest BCUT2D eigenvalue weighted by molar-refractivity contribution is 0.0923. The lowest BCUT2D eigenvalue weighted by Crippen LogP contribution is -2.30. The first-order valence-electron chi connectivity index (χ1n) is 11.2. The molecular weight excluding hydrogens is 458 g/mol. The number of thiazole rings is 1. The Bertz CT molecular complexity index is 1510. The molecule has 7 heteroatoms. The van der Waals surface area contributed by atoms with Crippen molar-refractivity contribution in [3.63, 3.8) is 0 Å². The van der Waals surface area contributed by atoms with Crippen LogP contribution in [0.15, 0.2) is 66.0 Å². The summed E-state index contributed by atoms with van der Waals surface area (Å²) in [6.45, 7) is 6.08. The van der Waals surface area contributed by atoms with Crippen molar-refractivity contribution < 1.29 is 14.4 Å². The molecule has 0 radical (unpaired) electrons. The quantitative estimate of drug-likeness (QED) is 0.384. The minimum Gasteiger partial charge on any atom is -0.346 e. The van der Waals surface area contributed by atoms with Gasteiger partial charge in [0, 0.05) is 16.5 Å². The summed E-state index contributed by atoms with van der Waals surface area (Å²) < 4.78 is 0. The van der Waals surface area contributed by atoms with Crippen molar-refractivity contribution in [2.75, 3.05) is 4.90 Å². The van der Waals surface area contributed by atoms with E-state index in [1.54, 1.807) is 12.1 Å². The Labute approximate surface area is 207 Å². The van der Waals surface area contributed by atoms with Crippen molar-refractivity contribution in [3.05, 3.63) is 105 Å². The highest BCUT2D eigenvalue weighted by Crippen LogP contribution is 2.32. The molecule has 3 aromatic carbocycles. The zero-order valence-electron chi connectivity index (χ0n) is 19.6. The van der Waals surface area contributed by atoms with Gasteiger partial charge in [-0.3, -0.25) is 14.4 Å². The van der Waals surface area contributed by atoms with Gasteiger partial charge in [0.1, 0.15) is 5.01 Å². The van der Waals surface area contributed by atoms with Gasteiger partial charge >= 0.3 is 0 Å². The Morgan fingerprint density at radius 2 is 1.66 bits per heavy atom. The number of carbonyl (C=O) groups excluding carboxylic acids is 3. The summed E-state index contributed by atoms with van der Waals surface area (Å²) >= 11 is 1.53. The average molecular weight is 482 g/mol. The standard InChI is InChI=1S/C28H23N3O3S/c1-16-8-9-18(3)24(12-16)31-27(33)22-11-10-19(13-23(22)28(31)34)25(32)29-14-20-15-35-26(30-20)21-7-5-4-6-17(21)2/h4-13,15H,14H2,1-3H3,(H,29,32). The van der Waals surface area contributed by atoms with Crippen molar-refractivity contribution in [1.82, 2.24) is 10.3 Å². The van der Waals surface area contributed by atoms with Gasteiger partial charge < -0.3 is 5.32 Å². The third kappa shape index (κ3) is 4.15. The van der Waals surface area contributed by atoms with Crippen molar-refractivity contribution >= 4 is 34.7 Å². The molecule has 1 aromatic heterocycles. The molecule has 5 rings (SSSR count). The second-order valence-corrected chi connectivity index (χ2v) is 9.50. The predicted molar refractivity (Wildman–Crippen MR) is 137 cm³/mol. The number of fused-ring (bicyclic) bond motifs is 1. The molecule has 0 fully saturated rings. The first-order valence-corrected chi connectivity index (χ1v) is 12.1. The maximum absolute atomic E-state index is 13.2. The van der Waals surface area contributed by atoms with Crippen LogP contribution in [0.5, 0.6) is 0 Å². The Morgan fingerprint density at radius 1 is 0.886 bits per heavy atom. The van der Waals surface area contributed by atoms with E-state index >= 15 is 0 Å². The van der Waals surface area contributed by atoms with E-state index in [-0.39, 0.29) is 23.9 Å². The third-order valence-corrected chi connectivity index (χ3v) is 7.04. The normalized spacial score (nSPS) is 12.7. The summed E-state index contributed by atoms with van der Waals surface area (Å²) in [7, 11) is 0. The first-order chi connectivity index (χ1) is 16.8. The van der Waals surface area contributed by atoms with Crippen molar-refractivity contribution in [1.29, 1.82) is 0 Å². The molecule has 35 heavy (non-hydrogen) atoms. The fourth-order valence-corrected chi connectivity index (χ4v) is 5.07. The van der Waals surface area contributed by atoms with E-state index in [0.717, 1.165) is 33.0 Å². The molecule has 174 valence electrons. The van der Waals surface area contributed by atoms with Gasteiger partial charge in [-0.05, 0) is 61.7 Å². The molecule has 2 heterocycles. The average Bonchev–Trinajstić information content (AvgIpc) is 3.42. The number of amides is 3. The number of aryl methyl sites for hydroxylation is 3. The third-order valence-electron chi connectivity index (χ3n) is 6.11. The SMILES string of the molecule is Cc1ccc(C)c(N2C(=O)c3ccc(C(=O)NCc4csc(-c5ccccc5C)n4)cc3C2=O)c1. The highest BCUT2D eigenvalue weighted by molar-refractivity contribution is 7.13. The van der Waals surface area contributed by atoms with Crippen LogP contribution in [-0.2, 0) is 6.54 Å². The minimum absolute atomic E-state index is 0.235. The maximum atomic E-state index is 13.2. The van der Waals surface area contributed by atoms with Crippen LogP contribution in [0.4, 0.5) is 5.69 Å². The molecule has 1 aliphatic heterocycles. The Kier molecular flexibility index (Phi) is 5.78. The monoisotopic (exact) mass is 481 g/mol. The summed E-state index contributed by atoms with van der Waals surface area (Å²) in [6, 6.07) is 18.3. The van der Waals surface area contributed by atoms with E-state index in [4.69, 9.17) is 0 Å². The Balaban J connectivity index is 1.33. The molecule has 0 unspecified atom stereocenters. The summed E-state index contributed by atoms with van der Waals surface area (Å²) in [6.07, 6.45) is 0. The number of rotatable bonds is 5. The largest absolute Gasteiger partial charge is 0.346 e. The highest BCUT2D eigenvalue weighted by atomic mass is 32.1. The fraction of sp³-hybridized carbons (Fsp3) is 0.143. The number of hydrogen-bond acceptors (Lipinski definition) is 5. The van der Waals surface area contributed by atoms with Gasteiger partial charge in [-0.25, -0.2) is 9.88 Å². The maximum Gasteiger partial charge on any atom is 0.266 e. The minimum atomic E-state index is -0.421. The number of nitrogens with one attached hydrogen (secondary N) is 1. The number of hydrogen-bond donors (Lipinski definition) is 1. The van der Waals surface area contributed by atoms with E-state index in [0.29, 0.717) is 16.8 Å². The molecule has 0 saturated carbocycles. The van der Waals surface area contributed by atoms with Crippen LogP contribution in [0.2, 0.25) is 0 Å². The summed E-state index contributed by atoms with van der Waals surface area (Å²) in [5.74, 6) is -1.13. The zero-order valence-corrected chi connectivity index (χ0v) is 20.4. The molecule has 0 bridgehead atoms. The molecule has 0 spiro atoms. The van der Waals surface area contributed by atoms with Crippen LogP contribution in [0.1, 0.15) is 53.5 Å². The van der Waals surface area contributed by atoms with E-state index in [9.17, 15) is 14.4 Å². The van der Waals surface area contributed by atoms with Gasteiger partial charge in [0.25, 0.3) is 17.7 Å². The summed E-state index contributed by atoms with van der Waals surface area (Å²) in [4.78, 5) is 44.8. The Hall–Kier alpha value is -4.10. The van der Waals surface area contributed by atoms with Gasteiger partial charge in [-0.2, -0.15) is 0 Å². The molecule has 1 N–H and O–H groups in total. The summed E-state index contributed by atoms with van der Waals surface area (Å²) in [5.41, 5.74) is 6.18. The van der Waals surface area contributed by atoms with E-state index in [1.165, 1.54) is 22.3 Å².